The van der Waals surface area contributed by atoms with E-state index in [4.69, 9.17) is 5.26 Å². The molecule has 0 aromatic carbocycles. The lowest BCUT2D eigenvalue weighted by Gasteiger charge is -1.90. The van der Waals surface area contributed by atoms with Gasteiger partial charge in [-0.3, -0.25) is 0 Å². The fraction of sp³-hybridized carbons (Fsp3) is 0.222. The topological polar surface area (TPSA) is 23.8 Å². The Bertz CT molecular complexity index is 289. The summed E-state index contributed by atoms with van der Waals surface area (Å²) in [7, 11) is 0. The minimum Gasteiger partial charge on any atom is -0.207 e. The lowest BCUT2D eigenvalue weighted by Crippen LogP contribution is -1.74. The molecule has 0 radical (unpaired) electrons. The molecule has 0 spiro atoms. The maximum absolute atomic E-state index is 12.8. The highest BCUT2D eigenvalue weighted by Gasteiger charge is 2.02. The molecule has 0 unspecified atom stereocenters. The monoisotopic (exact) mass is 149 g/mol. The second-order valence-electron chi connectivity index (χ2n) is 2.41. The van der Waals surface area contributed by atoms with Crippen molar-refractivity contribution in [2.24, 2.45) is 0 Å². The van der Waals surface area contributed by atoms with Gasteiger partial charge in [-0.25, -0.2) is 4.39 Å². The molecule has 1 aliphatic rings. The molecular weight excluding hydrogens is 141 g/mol. The van der Waals surface area contributed by atoms with Crippen LogP contribution in [0.2, 0.25) is 0 Å². The van der Waals surface area contributed by atoms with Crippen LogP contribution in [0.4, 0.5) is 4.39 Å². The molecule has 1 rings (SSSR count). The third kappa shape index (κ3) is 1.78. The smallest absolute Gasteiger partial charge is 0.122 e. The van der Waals surface area contributed by atoms with Crippen molar-refractivity contribution in [3.05, 3.63) is 35.2 Å². The van der Waals surface area contributed by atoms with E-state index in [0.717, 1.165) is 0 Å². The Kier molecular flexibility index (Phi) is 2.22. The highest BCUT2D eigenvalue weighted by atomic mass is 19.1. The fourth-order valence-electron chi connectivity index (χ4n) is 0.817. The predicted octanol–water partition coefficient (Wildman–Crippen LogP) is 2.64. The molecule has 1 aliphatic carbocycles. The van der Waals surface area contributed by atoms with Gasteiger partial charge in [-0.15, -0.1) is 0 Å². The van der Waals surface area contributed by atoms with E-state index < -0.39 is 0 Å². The first-order valence-corrected chi connectivity index (χ1v) is 3.37. The van der Waals surface area contributed by atoms with Gasteiger partial charge in [0, 0.05) is 12.0 Å². The van der Waals surface area contributed by atoms with Gasteiger partial charge in [0.1, 0.15) is 5.83 Å². The van der Waals surface area contributed by atoms with Crippen molar-refractivity contribution >= 4 is 0 Å². The zero-order chi connectivity index (χ0) is 8.27. The molecule has 0 heterocycles. The summed E-state index contributed by atoms with van der Waals surface area (Å²) in [4.78, 5) is 0. The molecule has 0 N–H and O–H groups in total. The standard InChI is InChI=1S/C9H8FN/c1-7-2-3-8(6-11)4-5-9(7)10/h2-3,5H,4H2,1H3. The molecule has 0 aromatic heterocycles. The molecule has 0 aliphatic heterocycles. The molecule has 0 amide bonds. The first-order valence-electron chi connectivity index (χ1n) is 3.37. The summed E-state index contributed by atoms with van der Waals surface area (Å²) in [6.07, 6.45) is 5.10. The second kappa shape index (κ2) is 3.16. The van der Waals surface area contributed by atoms with Gasteiger partial charge in [-0.1, -0.05) is 6.08 Å². The highest BCUT2D eigenvalue weighted by Crippen LogP contribution is 2.17. The lowest BCUT2D eigenvalue weighted by molar-refractivity contribution is 0.648. The number of rotatable bonds is 0. The molecule has 2 heteroatoms. The largest absolute Gasteiger partial charge is 0.207 e. The van der Waals surface area contributed by atoms with Gasteiger partial charge in [0.15, 0.2) is 0 Å². The fourth-order valence-corrected chi connectivity index (χ4v) is 0.817. The van der Waals surface area contributed by atoms with Crippen LogP contribution >= 0.6 is 0 Å². The quantitative estimate of drug-likeness (QED) is 0.519. The van der Waals surface area contributed by atoms with Gasteiger partial charge in [-0.2, -0.15) is 5.26 Å². The van der Waals surface area contributed by atoms with Gasteiger partial charge in [0.2, 0.25) is 0 Å². The third-order valence-corrected chi connectivity index (χ3v) is 1.56. The Hall–Kier alpha value is -1.36. The molecule has 0 fully saturated rings. The van der Waals surface area contributed by atoms with Crippen molar-refractivity contribution in [1.29, 1.82) is 5.26 Å². The van der Waals surface area contributed by atoms with Crippen LogP contribution in [0.25, 0.3) is 0 Å². The second-order valence-corrected chi connectivity index (χ2v) is 2.41. The van der Waals surface area contributed by atoms with Gasteiger partial charge < -0.3 is 0 Å². The maximum atomic E-state index is 12.8. The molecule has 0 bridgehead atoms. The van der Waals surface area contributed by atoms with Crippen LogP contribution in [0.1, 0.15) is 13.3 Å². The Morgan fingerprint density at radius 2 is 2.27 bits per heavy atom. The number of hydrogen-bond acceptors (Lipinski definition) is 1. The van der Waals surface area contributed by atoms with Crippen LogP contribution in [0.15, 0.2) is 35.2 Å². The predicted molar refractivity (Wildman–Crippen MR) is 41.3 cm³/mol. The Balaban J connectivity index is 2.95. The minimum absolute atomic E-state index is 0.230. The van der Waals surface area contributed by atoms with E-state index in [1.54, 1.807) is 19.1 Å². The average Bonchev–Trinajstić information content (AvgIpc) is 2.16. The number of hydrogen-bond donors (Lipinski definition) is 0. The molecule has 56 valence electrons. The van der Waals surface area contributed by atoms with E-state index in [9.17, 15) is 4.39 Å². The molecule has 0 atom stereocenters. The van der Waals surface area contributed by atoms with Gasteiger partial charge in [0.25, 0.3) is 0 Å². The Morgan fingerprint density at radius 3 is 2.91 bits per heavy atom. The zero-order valence-electron chi connectivity index (χ0n) is 6.26. The molecule has 0 saturated carbocycles. The van der Waals surface area contributed by atoms with E-state index in [0.29, 0.717) is 17.6 Å². The first-order chi connectivity index (χ1) is 5.24. The van der Waals surface area contributed by atoms with Crippen molar-refractivity contribution in [2.45, 2.75) is 13.3 Å². The highest BCUT2D eigenvalue weighted by molar-refractivity contribution is 5.38. The average molecular weight is 149 g/mol. The van der Waals surface area contributed by atoms with Crippen molar-refractivity contribution in [3.63, 3.8) is 0 Å². The first kappa shape index (κ1) is 7.74. The van der Waals surface area contributed by atoms with Crippen molar-refractivity contribution in [2.75, 3.05) is 0 Å². The third-order valence-electron chi connectivity index (χ3n) is 1.56. The number of allylic oxidation sites excluding steroid dienone is 6. The number of nitrogens with zero attached hydrogens (tertiary/aromatic N) is 1. The van der Waals surface area contributed by atoms with E-state index in [-0.39, 0.29) is 5.83 Å². The van der Waals surface area contributed by atoms with Crippen LogP contribution in [0.5, 0.6) is 0 Å². The summed E-state index contributed by atoms with van der Waals surface area (Å²) in [5.74, 6) is -0.230. The summed E-state index contributed by atoms with van der Waals surface area (Å²) in [5.41, 5.74) is 1.17. The molecular formula is C9H8FN. The lowest BCUT2D eigenvalue weighted by atomic mass is 10.2. The molecule has 11 heavy (non-hydrogen) atoms. The number of nitriles is 1. The van der Waals surface area contributed by atoms with E-state index >= 15 is 0 Å². The summed E-state index contributed by atoms with van der Waals surface area (Å²) in [6, 6.07) is 1.99. The maximum Gasteiger partial charge on any atom is 0.122 e. The van der Waals surface area contributed by atoms with Gasteiger partial charge in [0.05, 0.1) is 6.07 Å². The number of halogens is 1. The molecule has 0 aromatic rings. The van der Waals surface area contributed by atoms with Crippen LogP contribution in [-0.4, -0.2) is 0 Å². The van der Waals surface area contributed by atoms with Crippen LogP contribution < -0.4 is 0 Å². The summed E-state index contributed by atoms with van der Waals surface area (Å²) in [5, 5.41) is 8.49. The summed E-state index contributed by atoms with van der Waals surface area (Å²) < 4.78 is 12.8. The SMILES string of the molecule is CC1=CC=C(C#N)CC=C1F. The minimum atomic E-state index is -0.230. The van der Waals surface area contributed by atoms with E-state index in [1.165, 1.54) is 6.08 Å². The summed E-state index contributed by atoms with van der Waals surface area (Å²) >= 11 is 0. The normalized spacial score (nSPS) is 17.4. The van der Waals surface area contributed by atoms with Crippen molar-refractivity contribution < 1.29 is 4.39 Å². The van der Waals surface area contributed by atoms with Crippen LogP contribution in [-0.2, 0) is 0 Å². The van der Waals surface area contributed by atoms with Crippen molar-refractivity contribution in [3.8, 4) is 6.07 Å². The van der Waals surface area contributed by atoms with Gasteiger partial charge >= 0.3 is 0 Å². The van der Waals surface area contributed by atoms with Gasteiger partial charge in [-0.05, 0) is 24.6 Å². The van der Waals surface area contributed by atoms with Crippen LogP contribution in [0.3, 0.4) is 0 Å². The Labute approximate surface area is 65.1 Å². The molecule has 0 saturated heterocycles. The Morgan fingerprint density at radius 1 is 1.55 bits per heavy atom. The summed E-state index contributed by atoms with van der Waals surface area (Å²) in [6.45, 7) is 1.68. The van der Waals surface area contributed by atoms with E-state index in [1.807, 2.05) is 6.07 Å². The molecule has 1 nitrogen and oxygen atoms in total. The van der Waals surface area contributed by atoms with Crippen molar-refractivity contribution in [1.82, 2.24) is 0 Å². The zero-order valence-corrected chi connectivity index (χ0v) is 6.26. The van der Waals surface area contributed by atoms with E-state index in [2.05, 4.69) is 0 Å². The van der Waals surface area contributed by atoms with Crippen LogP contribution in [0, 0.1) is 11.3 Å².